The van der Waals surface area contributed by atoms with Crippen LogP contribution in [0.1, 0.15) is 27.2 Å². The van der Waals surface area contributed by atoms with E-state index in [1.807, 2.05) is 27.8 Å². The van der Waals surface area contributed by atoms with Crippen LogP contribution in [0.25, 0.3) is 0 Å². The summed E-state index contributed by atoms with van der Waals surface area (Å²) in [6.45, 7) is 7.45. The molecule has 100 valence electrons. The van der Waals surface area contributed by atoms with Crippen LogP contribution in [0.2, 0.25) is 0 Å². The summed E-state index contributed by atoms with van der Waals surface area (Å²) in [4.78, 5) is 15.2. The Kier molecular flexibility index (Phi) is 4.38. The van der Waals surface area contributed by atoms with E-state index in [1.165, 1.54) is 4.90 Å². The van der Waals surface area contributed by atoms with Crippen molar-refractivity contribution in [3.05, 3.63) is 0 Å². The number of amides is 1. The lowest BCUT2D eigenvalue weighted by Crippen LogP contribution is -2.60. The van der Waals surface area contributed by atoms with Crippen molar-refractivity contribution in [1.29, 1.82) is 0 Å². The number of carbonyl (C=O) groups is 1. The van der Waals surface area contributed by atoms with Gasteiger partial charge in [0.25, 0.3) is 0 Å². The van der Waals surface area contributed by atoms with Crippen molar-refractivity contribution in [3.8, 4) is 0 Å². The van der Waals surface area contributed by atoms with Gasteiger partial charge in [-0.1, -0.05) is 0 Å². The number of likely N-dealkylation sites (tertiary alicyclic amines) is 1. The van der Waals surface area contributed by atoms with Crippen molar-refractivity contribution in [3.63, 3.8) is 0 Å². The van der Waals surface area contributed by atoms with Crippen molar-refractivity contribution < 1.29 is 14.6 Å². The number of hydrogen-bond donors (Lipinski definition) is 1. The molecule has 1 rings (SSSR count). The van der Waals surface area contributed by atoms with E-state index in [9.17, 15) is 9.90 Å². The Morgan fingerprint density at radius 2 is 2.06 bits per heavy atom. The van der Waals surface area contributed by atoms with Gasteiger partial charge in [0.15, 0.2) is 0 Å². The summed E-state index contributed by atoms with van der Waals surface area (Å²) < 4.78 is 5.45. The molecule has 1 amide bonds. The first kappa shape index (κ1) is 14.3. The molecule has 1 heterocycles. The van der Waals surface area contributed by atoms with E-state index >= 15 is 0 Å². The Labute approximate surface area is 103 Å². The molecule has 2 atom stereocenters. The largest absolute Gasteiger partial charge is 0.465 e. The summed E-state index contributed by atoms with van der Waals surface area (Å²) in [5.74, 6) is 0. The fraction of sp³-hybridized carbons (Fsp3) is 0.917. The minimum absolute atomic E-state index is 0.0518. The molecule has 5 nitrogen and oxygen atoms in total. The van der Waals surface area contributed by atoms with Gasteiger partial charge in [-0.05, 0) is 40.8 Å². The first-order valence-corrected chi connectivity index (χ1v) is 6.01. The second-order valence-corrected chi connectivity index (χ2v) is 5.72. The van der Waals surface area contributed by atoms with E-state index in [0.717, 1.165) is 19.5 Å². The van der Waals surface area contributed by atoms with Gasteiger partial charge in [0.1, 0.15) is 0 Å². The van der Waals surface area contributed by atoms with Crippen molar-refractivity contribution >= 4 is 6.09 Å². The smallest absolute Gasteiger partial charge is 0.408 e. The predicted molar refractivity (Wildman–Crippen MR) is 66.3 cm³/mol. The van der Waals surface area contributed by atoms with Crippen molar-refractivity contribution in [2.24, 2.45) is 0 Å². The monoisotopic (exact) mass is 244 g/mol. The molecule has 0 unspecified atom stereocenters. The quantitative estimate of drug-likeness (QED) is 0.799. The molecule has 1 fully saturated rings. The topological polar surface area (TPSA) is 53.0 Å². The summed E-state index contributed by atoms with van der Waals surface area (Å²) >= 11 is 0. The van der Waals surface area contributed by atoms with Gasteiger partial charge in [-0.2, -0.15) is 0 Å². The molecule has 1 aliphatic rings. The number of likely N-dealkylation sites (N-methyl/N-ethyl adjacent to an activating group) is 1. The molecule has 1 N–H and O–H groups in total. The van der Waals surface area contributed by atoms with Crippen molar-refractivity contribution in [2.45, 2.75) is 44.9 Å². The molecule has 0 aromatic rings. The van der Waals surface area contributed by atoms with E-state index in [2.05, 4.69) is 4.90 Å². The molecule has 5 heteroatoms. The van der Waals surface area contributed by atoms with Gasteiger partial charge in [-0.15, -0.1) is 0 Å². The number of carboxylic acid groups (broad SMARTS) is 1. The Balaban J connectivity index is 2.90. The third kappa shape index (κ3) is 3.33. The van der Waals surface area contributed by atoms with Gasteiger partial charge >= 0.3 is 6.09 Å². The molecule has 0 aromatic carbocycles. The maximum Gasteiger partial charge on any atom is 0.408 e. The first-order chi connectivity index (χ1) is 7.77. The van der Waals surface area contributed by atoms with Gasteiger partial charge < -0.3 is 14.7 Å². The average Bonchev–Trinajstić information content (AvgIpc) is 2.17. The standard InChI is InChI=1S/C12H24N2O3/c1-12(2,3)14(11(15)16)9-6-7-13(4)8-10(9)17-5/h9-10H,6-8H2,1-5H3,(H,15,16)/t9-,10-/m1/s1. The van der Waals surface area contributed by atoms with E-state index in [1.54, 1.807) is 7.11 Å². The number of methoxy groups -OCH3 is 1. The second-order valence-electron chi connectivity index (χ2n) is 5.72. The average molecular weight is 244 g/mol. The van der Waals surface area contributed by atoms with Gasteiger partial charge in [0.05, 0.1) is 12.1 Å². The third-order valence-electron chi connectivity index (χ3n) is 3.29. The van der Waals surface area contributed by atoms with Crippen LogP contribution in [-0.4, -0.2) is 65.9 Å². The zero-order valence-electron chi connectivity index (χ0n) is 11.4. The second kappa shape index (κ2) is 5.23. The molecular weight excluding hydrogens is 220 g/mol. The molecule has 0 aromatic heterocycles. The lowest BCUT2D eigenvalue weighted by Gasteiger charge is -2.46. The normalized spacial score (nSPS) is 26.9. The zero-order valence-corrected chi connectivity index (χ0v) is 11.4. The van der Waals surface area contributed by atoms with E-state index in [-0.39, 0.29) is 12.1 Å². The Hall–Kier alpha value is -0.810. The highest BCUT2D eigenvalue weighted by atomic mass is 16.5. The van der Waals surface area contributed by atoms with Crippen LogP contribution < -0.4 is 0 Å². The number of rotatable bonds is 2. The highest BCUT2D eigenvalue weighted by Crippen LogP contribution is 2.25. The zero-order chi connectivity index (χ0) is 13.2. The fourth-order valence-electron chi connectivity index (χ4n) is 2.51. The van der Waals surface area contributed by atoms with Crippen molar-refractivity contribution in [2.75, 3.05) is 27.2 Å². The van der Waals surface area contributed by atoms with Gasteiger partial charge in [0, 0.05) is 19.2 Å². The summed E-state index contributed by atoms with van der Waals surface area (Å²) in [5, 5.41) is 9.40. The third-order valence-corrected chi connectivity index (χ3v) is 3.29. The number of nitrogens with zero attached hydrogens (tertiary/aromatic N) is 2. The maximum atomic E-state index is 11.4. The van der Waals surface area contributed by atoms with Crippen LogP contribution >= 0.6 is 0 Å². The number of piperidine rings is 1. The molecule has 0 spiro atoms. The van der Waals surface area contributed by atoms with E-state index in [4.69, 9.17) is 4.74 Å². The number of ether oxygens (including phenoxy) is 1. The molecule has 17 heavy (non-hydrogen) atoms. The maximum absolute atomic E-state index is 11.4. The first-order valence-electron chi connectivity index (χ1n) is 6.01. The fourth-order valence-corrected chi connectivity index (χ4v) is 2.51. The lowest BCUT2D eigenvalue weighted by atomic mass is 9.95. The molecule has 1 saturated heterocycles. The molecular formula is C12H24N2O3. The Morgan fingerprint density at radius 1 is 1.47 bits per heavy atom. The van der Waals surface area contributed by atoms with Crippen LogP contribution in [0.15, 0.2) is 0 Å². The van der Waals surface area contributed by atoms with Gasteiger partial charge in [-0.25, -0.2) is 4.79 Å². The number of hydrogen-bond acceptors (Lipinski definition) is 3. The molecule has 0 bridgehead atoms. The summed E-state index contributed by atoms with van der Waals surface area (Å²) in [6, 6.07) is -0.0614. The molecule has 0 radical (unpaired) electrons. The Bertz CT molecular complexity index is 275. The van der Waals surface area contributed by atoms with E-state index < -0.39 is 11.6 Å². The molecule has 0 aliphatic carbocycles. The van der Waals surface area contributed by atoms with Crippen LogP contribution in [0.3, 0.4) is 0 Å². The lowest BCUT2D eigenvalue weighted by molar-refractivity contribution is -0.0493. The minimum Gasteiger partial charge on any atom is -0.465 e. The minimum atomic E-state index is -0.867. The molecule has 1 aliphatic heterocycles. The predicted octanol–water partition coefficient (Wildman–Crippen LogP) is 1.48. The van der Waals surface area contributed by atoms with Gasteiger partial charge in [-0.3, -0.25) is 4.90 Å². The molecule has 0 saturated carbocycles. The van der Waals surface area contributed by atoms with Crippen LogP contribution in [0, 0.1) is 0 Å². The highest BCUT2D eigenvalue weighted by molar-refractivity contribution is 5.66. The highest BCUT2D eigenvalue weighted by Gasteiger charge is 2.40. The Morgan fingerprint density at radius 3 is 2.47 bits per heavy atom. The van der Waals surface area contributed by atoms with E-state index in [0.29, 0.717) is 0 Å². The van der Waals surface area contributed by atoms with Crippen LogP contribution in [-0.2, 0) is 4.74 Å². The summed E-state index contributed by atoms with van der Waals surface area (Å²) in [5.41, 5.74) is -0.400. The van der Waals surface area contributed by atoms with Gasteiger partial charge in [0.2, 0.25) is 0 Å². The van der Waals surface area contributed by atoms with Crippen LogP contribution in [0.5, 0.6) is 0 Å². The SMILES string of the molecule is CO[C@@H]1CN(C)CC[C@H]1N(C(=O)O)C(C)(C)C. The summed E-state index contributed by atoms with van der Waals surface area (Å²) in [6.07, 6.45) is -0.100. The van der Waals surface area contributed by atoms with Crippen LogP contribution in [0.4, 0.5) is 4.79 Å². The van der Waals surface area contributed by atoms with Crippen molar-refractivity contribution in [1.82, 2.24) is 9.80 Å². The summed E-state index contributed by atoms with van der Waals surface area (Å²) in [7, 11) is 3.68.